The van der Waals surface area contributed by atoms with E-state index in [0.717, 1.165) is 22.3 Å². The molecule has 0 saturated heterocycles. The third-order valence-corrected chi connectivity index (χ3v) is 2.84. The van der Waals surface area contributed by atoms with Crippen LogP contribution >= 0.6 is 0 Å². The van der Waals surface area contributed by atoms with Gasteiger partial charge in [0.1, 0.15) is 5.82 Å². The number of benzene rings is 1. The molecule has 0 aliphatic carbocycles. The zero-order valence-corrected chi connectivity index (χ0v) is 11.6. The van der Waals surface area contributed by atoms with E-state index in [1.807, 2.05) is 51.2 Å². The number of rotatable bonds is 4. The monoisotopic (exact) mass is 254 g/mol. The predicted molar refractivity (Wildman–Crippen MR) is 78.1 cm³/mol. The van der Waals surface area contributed by atoms with Crippen molar-refractivity contribution in [2.45, 2.75) is 20.8 Å². The zero-order chi connectivity index (χ0) is 13.8. The maximum atomic E-state index is 5.58. The highest BCUT2D eigenvalue weighted by Gasteiger charge is 2.09. The highest BCUT2D eigenvalue weighted by Crippen LogP contribution is 2.28. The summed E-state index contributed by atoms with van der Waals surface area (Å²) in [7, 11) is 0. The largest absolute Gasteiger partial charge is 0.477 e. The molecule has 0 unspecified atom stereocenters. The molecule has 2 aromatic rings. The lowest BCUT2D eigenvalue weighted by atomic mass is 10.0. The highest BCUT2D eigenvalue weighted by atomic mass is 16.5. The number of aromatic nitrogens is 2. The van der Waals surface area contributed by atoms with Crippen molar-refractivity contribution in [3.8, 4) is 17.0 Å². The van der Waals surface area contributed by atoms with Crippen molar-refractivity contribution >= 4 is 5.57 Å². The smallest absolute Gasteiger partial charge is 0.224 e. The van der Waals surface area contributed by atoms with Gasteiger partial charge in [0, 0.05) is 6.20 Å². The lowest BCUT2D eigenvalue weighted by molar-refractivity contribution is 0.327. The number of nitrogens with zero attached hydrogens (tertiary/aromatic N) is 2. The van der Waals surface area contributed by atoms with Crippen molar-refractivity contribution in [3.05, 3.63) is 48.4 Å². The maximum Gasteiger partial charge on any atom is 0.224 e. The zero-order valence-electron chi connectivity index (χ0n) is 11.6. The van der Waals surface area contributed by atoms with Crippen LogP contribution in [0, 0.1) is 6.92 Å². The lowest BCUT2D eigenvalue weighted by Crippen LogP contribution is -2.00. The first kappa shape index (κ1) is 13.3. The van der Waals surface area contributed by atoms with E-state index in [1.54, 1.807) is 0 Å². The van der Waals surface area contributed by atoms with Gasteiger partial charge in [-0.05, 0) is 31.9 Å². The summed E-state index contributed by atoms with van der Waals surface area (Å²) in [5.41, 5.74) is 4.15. The van der Waals surface area contributed by atoms with Gasteiger partial charge < -0.3 is 4.74 Å². The van der Waals surface area contributed by atoms with Gasteiger partial charge in [-0.3, -0.25) is 0 Å². The van der Waals surface area contributed by atoms with Crippen LogP contribution in [0.4, 0.5) is 0 Å². The third kappa shape index (κ3) is 2.99. The molecule has 0 radical (unpaired) electrons. The second-order valence-electron chi connectivity index (χ2n) is 4.43. The molecule has 0 N–H and O–H groups in total. The first-order valence-corrected chi connectivity index (χ1v) is 6.34. The second-order valence-corrected chi connectivity index (χ2v) is 4.43. The van der Waals surface area contributed by atoms with Crippen LogP contribution in [0.1, 0.15) is 25.2 Å². The summed E-state index contributed by atoms with van der Waals surface area (Å²) in [4.78, 5) is 8.59. The van der Waals surface area contributed by atoms with E-state index in [1.165, 1.54) is 0 Å². The molecule has 2 rings (SSSR count). The van der Waals surface area contributed by atoms with Crippen LogP contribution in [0.15, 0.2) is 37.0 Å². The summed E-state index contributed by atoms with van der Waals surface area (Å²) in [5, 5.41) is 0. The Labute approximate surface area is 114 Å². The van der Waals surface area contributed by atoms with Crippen LogP contribution in [-0.4, -0.2) is 16.6 Å². The van der Waals surface area contributed by atoms with E-state index < -0.39 is 0 Å². The fourth-order valence-electron chi connectivity index (χ4n) is 1.83. The van der Waals surface area contributed by atoms with Crippen molar-refractivity contribution in [1.82, 2.24) is 9.97 Å². The third-order valence-electron chi connectivity index (χ3n) is 2.84. The average Bonchev–Trinajstić information content (AvgIpc) is 2.39. The van der Waals surface area contributed by atoms with Crippen LogP contribution in [0.3, 0.4) is 0 Å². The Morgan fingerprint density at radius 2 is 1.95 bits per heavy atom. The SMILES string of the molecule is C=C(C)c1ccc(-c2cnc(C)nc2OCC)cc1. The minimum atomic E-state index is 0.591. The van der Waals surface area contributed by atoms with Crippen LogP contribution in [0.5, 0.6) is 5.88 Å². The van der Waals surface area contributed by atoms with Gasteiger partial charge >= 0.3 is 0 Å². The molecule has 98 valence electrons. The van der Waals surface area contributed by atoms with Crippen molar-refractivity contribution in [2.24, 2.45) is 0 Å². The molecule has 19 heavy (non-hydrogen) atoms. The second kappa shape index (κ2) is 5.65. The van der Waals surface area contributed by atoms with Crippen LogP contribution in [-0.2, 0) is 0 Å². The molecule has 1 heterocycles. The Morgan fingerprint density at radius 1 is 1.26 bits per heavy atom. The van der Waals surface area contributed by atoms with Crippen molar-refractivity contribution in [1.29, 1.82) is 0 Å². The van der Waals surface area contributed by atoms with Gasteiger partial charge in [0.15, 0.2) is 0 Å². The first-order chi connectivity index (χ1) is 9.11. The molecule has 1 aromatic heterocycles. The quantitative estimate of drug-likeness (QED) is 0.830. The van der Waals surface area contributed by atoms with Gasteiger partial charge in [0.05, 0.1) is 12.2 Å². The summed E-state index contributed by atoms with van der Waals surface area (Å²) in [6.07, 6.45) is 1.81. The summed E-state index contributed by atoms with van der Waals surface area (Å²) in [6.45, 7) is 10.3. The molecule has 0 fully saturated rings. The van der Waals surface area contributed by atoms with Crippen LogP contribution < -0.4 is 4.74 Å². The minimum Gasteiger partial charge on any atom is -0.477 e. The van der Waals surface area contributed by atoms with Crippen molar-refractivity contribution in [2.75, 3.05) is 6.61 Å². The topological polar surface area (TPSA) is 35.0 Å². The van der Waals surface area contributed by atoms with Crippen molar-refractivity contribution in [3.63, 3.8) is 0 Å². The van der Waals surface area contributed by atoms with Crippen LogP contribution in [0.25, 0.3) is 16.7 Å². The van der Waals surface area contributed by atoms with E-state index in [0.29, 0.717) is 18.3 Å². The molecule has 3 nitrogen and oxygen atoms in total. The Morgan fingerprint density at radius 3 is 2.53 bits per heavy atom. The molecule has 1 aromatic carbocycles. The van der Waals surface area contributed by atoms with Crippen molar-refractivity contribution < 1.29 is 4.74 Å². The lowest BCUT2D eigenvalue weighted by Gasteiger charge is -2.10. The van der Waals surface area contributed by atoms with Gasteiger partial charge in [-0.2, -0.15) is 4.98 Å². The molecule has 0 atom stereocenters. The van der Waals surface area contributed by atoms with E-state index >= 15 is 0 Å². The maximum absolute atomic E-state index is 5.58. The molecule has 0 saturated carbocycles. The number of aryl methyl sites for hydroxylation is 1. The Kier molecular flexibility index (Phi) is 3.95. The summed E-state index contributed by atoms with van der Waals surface area (Å²) >= 11 is 0. The Hall–Kier alpha value is -2.16. The molecule has 0 bridgehead atoms. The normalized spacial score (nSPS) is 10.3. The van der Waals surface area contributed by atoms with Gasteiger partial charge in [-0.15, -0.1) is 0 Å². The minimum absolute atomic E-state index is 0.591. The molecule has 0 aliphatic heterocycles. The Bertz CT molecular complexity index is 588. The molecule has 0 spiro atoms. The molecule has 0 amide bonds. The number of ether oxygens (including phenoxy) is 1. The predicted octanol–water partition coefficient (Wildman–Crippen LogP) is 3.88. The highest BCUT2D eigenvalue weighted by molar-refractivity contribution is 5.71. The van der Waals surface area contributed by atoms with Gasteiger partial charge in [0.25, 0.3) is 0 Å². The van der Waals surface area contributed by atoms with E-state index in [9.17, 15) is 0 Å². The fourth-order valence-corrected chi connectivity index (χ4v) is 1.83. The summed E-state index contributed by atoms with van der Waals surface area (Å²) in [6, 6.07) is 8.18. The van der Waals surface area contributed by atoms with Crippen LogP contribution in [0.2, 0.25) is 0 Å². The molecule has 0 aliphatic rings. The molecular weight excluding hydrogens is 236 g/mol. The Balaban J connectivity index is 2.43. The standard InChI is InChI=1S/C16H18N2O/c1-5-19-16-15(10-17-12(4)18-16)14-8-6-13(7-9-14)11(2)3/h6-10H,2,5H2,1,3-4H3. The van der Waals surface area contributed by atoms with E-state index in [-0.39, 0.29) is 0 Å². The number of hydrogen-bond acceptors (Lipinski definition) is 3. The summed E-state index contributed by atoms with van der Waals surface area (Å²) < 4.78 is 5.58. The molecular formula is C16H18N2O. The fraction of sp³-hybridized carbons (Fsp3) is 0.250. The first-order valence-electron chi connectivity index (χ1n) is 6.34. The van der Waals surface area contributed by atoms with E-state index in [4.69, 9.17) is 4.74 Å². The van der Waals surface area contributed by atoms with Gasteiger partial charge in [-0.1, -0.05) is 36.4 Å². The number of allylic oxidation sites excluding steroid dienone is 1. The van der Waals surface area contributed by atoms with Gasteiger partial charge in [0.2, 0.25) is 5.88 Å². The number of hydrogen-bond donors (Lipinski definition) is 0. The molecule has 3 heteroatoms. The van der Waals surface area contributed by atoms with E-state index in [2.05, 4.69) is 16.5 Å². The average molecular weight is 254 g/mol. The van der Waals surface area contributed by atoms with Gasteiger partial charge in [-0.25, -0.2) is 4.98 Å². The summed E-state index contributed by atoms with van der Waals surface area (Å²) in [5.74, 6) is 1.35.